The molecule has 142 valence electrons. The lowest BCUT2D eigenvalue weighted by atomic mass is 9.96. The van der Waals surface area contributed by atoms with Crippen molar-refractivity contribution in [2.75, 3.05) is 13.1 Å². The molecule has 1 aromatic carbocycles. The average molecular weight is 368 g/mol. The molecule has 3 heterocycles. The number of aromatic nitrogens is 4. The number of carbonyl (C=O) groups excluding carboxylic acids is 1. The van der Waals surface area contributed by atoms with Crippen LogP contribution in [0.25, 0.3) is 11.0 Å². The third-order valence-corrected chi connectivity index (χ3v) is 5.19. The molecule has 0 atom stereocenters. The van der Waals surface area contributed by atoms with Crippen LogP contribution in [-0.2, 0) is 20.0 Å². The van der Waals surface area contributed by atoms with E-state index < -0.39 is 0 Å². The van der Waals surface area contributed by atoms with Crippen LogP contribution in [0.4, 0.5) is 4.79 Å². The molecule has 1 fully saturated rings. The first kappa shape index (κ1) is 17.5. The van der Waals surface area contributed by atoms with Crippen molar-refractivity contribution in [3.05, 3.63) is 41.8 Å². The van der Waals surface area contributed by atoms with Crippen molar-refractivity contribution in [1.29, 1.82) is 0 Å². The summed E-state index contributed by atoms with van der Waals surface area (Å²) >= 11 is 0. The molecule has 2 amide bonds. The van der Waals surface area contributed by atoms with Crippen molar-refractivity contribution < 1.29 is 9.32 Å². The molecular weight excluding hydrogens is 344 g/mol. The fourth-order valence-electron chi connectivity index (χ4n) is 3.64. The third kappa shape index (κ3) is 3.51. The Kier molecular flexibility index (Phi) is 4.79. The van der Waals surface area contributed by atoms with Gasteiger partial charge in [-0.3, -0.25) is 0 Å². The van der Waals surface area contributed by atoms with Crippen molar-refractivity contribution in [2.45, 2.75) is 38.6 Å². The molecule has 2 aromatic heterocycles. The lowest BCUT2D eigenvalue weighted by molar-refractivity contribution is 0.178. The first-order valence-corrected chi connectivity index (χ1v) is 9.41. The van der Waals surface area contributed by atoms with Crippen LogP contribution in [-0.4, -0.2) is 43.7 Å². The average Bonchev–Trinajstić information content (AvgIpc) is 3.31. The highest BCUT2D eigenvalue weighted by Gasteiger charge is 2.27. The van der Waals surface area contributed by atoms with E-state index in [0.717, 1.165) is 29.7 Å². The van der Waals surface area contributed by atoms with Crippen LogP contribution < -0.4 is 5.32 Å². The molecule has 4 rings (SSSR count). The summed E-state index contributed by atoms with van der Waals surface area (Å²) in [6.07, 6.45) is 2.53. The second kappa shape index (κ2) is 7.38. The molecule has 1 aliphatic heterocycles. The summed E-state index contributed by atoms with van der Waals surface area (Å²) in [6, 6.07) is 8.10. The van der Waals surface area contributed by atoms with Crippen LogP contribution in [0.5, 0.6) is 0 Å². The van der Waals surface area contributed by atoms with Gasteiger partial charge in [-0.2, -0.15) is 4.98 Å². The highest BCUT2D eigenvalue weighted by Crippen LogP contribution is 2.29. The number of amides is 2. The second-order valence-electron chi connectivity index (χ2n) is 6.90. The van der Waals surface area contributed by atoms with Crippen molar-refractivity contribution in [2.24, 2.45) is 7.05 Å². The zero-order chi connectivity index (χ0) is 18.8. The lowest BCUT2D eigenvalue weighted by Crippen LogP contribution is -2.44. The molecule has 0 saturated carbocycles. The van der Waals surface area contributed by atoms with E-state index in [0.29, 0.717) is 37.1 Å². The maximum Gasteiger partial charge on any atom is 0.317 e. The molecular formula is C19H24N6O2. The molecule has 0 spiro atoms. The molecule has 1 saturated heterocycles. The number of imidazole rings is 1. The fourth-order valence-corrected chi connectivity index (χ4v) is 3.64. The molecule has 8 heteroatoms. The molecule has 27 heavy (non-hydrogen) atoms. The minimum absolute atomic E-state index is 0.0882. The van der Waals surface area contributed by atoms with E-state index in [1.807, 2.05) is 30.0 Å². The van der Waals surface area contributed by atoms with Crippen molar-refractivity contribution in [3.8, 4) is 0 Å². The van der Waals surface area contributed by atoms with Crippen LogP contribution in [0.2, 0.25) is 0 Å². The Hall–Kier alpha value is -2.90. The number of urea groups is 1. The Balaban J connectivity index is 1.34. The number of aryl methyl sites for hydroxylation is 2. The number of nitrogens with one attached hydrogen (secondary N) is 1. The summed E-state index contributed by atoms with van der Waals surface area (Å²) < 4.78 is 7.28. The second-order valence-corrected chi connectivity index (χ2v) is 6.90. The molecule has 3 aromatic rings. The van der Waals surface area contributed by atoms with Gasteiger partial charge in [-0.1, -0.05) is 24.2 Å². The molecule has 1 N–H and O–H groups in total. The number of nitrogens with zero attached hydrogens (tertiary/aromatic N) is 5. The number of hydrogen-bond donors (Lipinski definition) is 1. The monoisotopic (exact) mass is 368 g/mol. The van der Waals surface area contributed by atoms with Gasteiger partial charge in [0.25, 0.3) is 0 Å². The van der Waals surface area contributed by atoms with E-state index in [9.17, 15) is 4.79 Å². The number of rotatable bonds is 4. The van der Waals surface area contributed by atoms with Crippen molar-refractivity contribution in [1.82, 2.24) is 29.9 Å². The number of para-hydroxylation sites is 2. The summed E-state index contributed by atoms with van der Waals surface area (Å²) in [6.45, 7) is 3.64. The van der Waals surface area contributed by atoms with Crippen molar-refractivity contribution >= 4 is 17.1 Å². The first-order chi connectivity index (χ1) is 13.2. The van der Waals surface area contributed by atoms with E-state index >= 15 is 0 Å². The van der Waals surface area contributed by atoms with E-state index in [-0.39, 0.29) is 12.6 Å². The molecule has 0 unspecified atom stereocenters. The quantitative estimate of drug-likeness (QED) is 0.765. The highest BCUT2D eigenvalue weighted by molar-refractivity contribution is 5.76. The standard InChI is InChI=1S/C19H24N6O2/c1-3-16-22-17(27-23-16)12-20-19(26)25-10-8-13(9-11-25)18-21-14-6-4-5-7-15(14)24(18)2/h4-7,13H,3,8-12H2,1-2H3,(H,20,26). The third-order valence-electron chi connectivity index (χ3n) is 5.19. The molecule has 8 nitrogen and oxygen atoms in total. The van der Waals surface area contributed by atoms with Gasteiger partial charge in [0.15, 0.2) is 5.82 Å². The van der Waals surface area contributed by atoms with E-state index in [1.54, 1.807) is 0 Å². The smallest absolute Gasteiger partial charge is 0.317 e. The Bertz CT molecular complexity index is 939. The molecule has 0 aliphatic carbocycles. The van der Waals surface area contributed by atoms with Gasteiger partial charge in [0, 0.05) is 32.5 Å². The number of piperidine rings is 1. The van der Waals surface area contributed by atoms with Crippen molar-refractivity contribution in [3.63, 3.8) is 0 Å². The van der Waals surface area contributed by atoms with Gasteiger partial charge < -0.3 is 19.3 Å². The highest BCUT2D eigenvalue weighted by atomic mass is 16.5. The van der Waals surface area contributed by atoms with Gasteiger partial charge in [0.2, 0.25) is 5.89 Å². The molecule has 1 aliphatic rings. The van der Waals surface area contributed by atoms with Crippen LogP contribution >= 0.6 is 0 Å². The largest absolute Gasteiger partial charge is 0.337 e. The Morgan fingerprint density at radius 1 is 1.26 bits per heavy atom. The first-order valence-electron chi connectivity index (χ1n) is 9.41. The number of fused-ring (bicyclic) bond motifs is 1. The SMILES string of the molecule is CCc1noc(CNC(=O)N2CCC(c3nc4ccccc4n3C)CC2)n1. The molecule has 0 radical (unpaired) electrons. The topological polar surface area (TPSA) is 89.1 Å². The minimum Gasteiger partial charge on any atom is -0.337 e. The normalized spacial score (nSPS) is 15.4. The lowest BCUT2D eigenvalue weighted by Gasteiger charge is -2.31. The van der Waals surface area contributed by atoms with Gasteiger partial charge >= 0.3 is 6.03 Å². The Morgan fingerprint density at radius 3 is 2.74 bits per heavy atom. The van der Waals surface area contributed by atoms with E-state index in [4.69, 9.17) is 9.51 Å². The number of likely N-dealkylation sites (tertiary alicyclic amines) is 1. The maximum absolute atomic E-state index is 12.4. The number of carbonyl (C=O) groups is 1. The van der Waals surface area contributed by atoms with Gasteiger partial charge in [0.05, 0.1) is 17.6 Å². The van der Waals surface area contributed by atoms with Crippen LogP contribution in [0.3, 0.4) is 0 Å². The zero-order valence-corrected chi connectivity index (χ0v) is 15.7. The Morgan fingerprint density at radius 2 is 2.04 bits per heavy atom. The number of benzene rings is 1. The minimum atomic E-state index is -0.0882. The van der Waals surface area contributed by atoms with E-state index in [1.165, 1.54) is 0 Å². The maximum atomic E-state index is 12.4. The van der Waals surface area contributed by atoms with Gasteiger partial charge in [0.1, 0.15) is 5.82 Å². The van der Waals surface area contributed by atoms with Crippen LogP contribution in [0.15, 0.2) is 28.8 Å². The number of hydrogen-bond acceptors (Lipinski definition) is 5. The van der Waals surface area contributed by atoms with Crippen LogP contribution in [0, 0.1) is 0 Å². The van der Waals surface area contributed by atoms with Gasteiger partial charge in [-0.25, -0.2) is 9.78 Å². The summed E-state index contributed by atoms with van der Waals surface area (Å²) in [7, 11) is 2.07. The summed E-state index contributed by atoms with van der Waals surface area (Å²) in [5.41, 5.74) is 2.18. The predicted octanol–water partition coefficient (Wildman–Crippen LogP) is 2.61. The predicted molar refractivity (Wildman–Crippen MR) is 100 cm³/mol. The summed E-state index contributed by atoms with van der Waals surface area (Å²) in [5, 5.41) is 6.70. The summed E-state index contributed by atoms with van der Waals surface area (Å²) in [4.78, 5) is 23.3. The van der Waals surface area contributed by atoms with Gasteiger partial charge in [-0.15, -0.1) is 0 Å². The fraction of sp³-hybridized carbons (Fsp3) is 0.474. The molecule has 0 bridgehead atoms. The van der Waals surface area contributed by atoms with E-state index in [2.05, 4.69) is 33.1 Å². The van der Waals surface area contributed by atoms with Crippen LogP contribution in [0.1, 0.15) is 43.2 Å². The zero-order valence-electron chi connectivity index (χ0n) is 15.7. The van der Waals surface area contributed by atoms with Gasteiger partial charge in [-0.05, 0) is 25.0 Å². The Labute approximate surface area is 157 Å². The summed E-state index contributed by atoms with van der Waals surface area (Å²) in [5.74, 6) is 2.57.